The topological polar surface area (TPSA) is 69.6 Å². The molecule has 0 bridgehead atoms. The minimum atomic E-state index is -0.859. The Kier molecular flexibility index (Phi) is 5.39. The molecule has 0 saturated heterocycles. The van der Waals surface area contributed by atoms with Crippen LogP contribution in [0.4, 0.5) is 4.79 Å². The Bertz CT molecular complexity index is 347. The number of amides is 2. The molecule has 0 aromatic heterocycles. The van der Waals surface area contributed by atoms with E-state index in [1.165, 1.54) is 0 Å². The first-order valence-electron chi connectivity index (χ1n) is 6.82. The third-order valence-corrected chi connectivity index (χ3v) is 3.63. The van der Waals surface area contributed by atoms with Gasteiger partial charge in [-0.05, 0) is 26.7 Å². The van der Waals surface area contributed by atoms with Crippen molar-refractivity contribution in [3.8, 4) is 0 Å². The van der Waals surface area contributed by atoms with Gasteiger partial charge in [0, 0.05) is 12.6 Å². The lowest BCUT2D eigenvalue weighted by atomic mass is 9.93. The van der Waals surface area contributed by atoms with Crippen molar-refractivity contribution < 1.29 is 14.7 Å². The maximum absolute atomic E-state index is 12.3. The highest BCUT2D eigenvalue weighted by Gasteiger charge is 2.38. The predicted octanol–water partition coefficient (Wildman–Crippen LogP) is 2.38. The highest BCUT2D eigenvalue weighted by Crippen LogP contribution is 2.32. The minimum absolute atomic E-state index is 0.00123. The van der Waals surface area contributed by atoms with E-state index < -0.39 is 11.5 Å². The van der Waals surface area contributed by atoms with Gasteiger partial charge in [0.15, 0.2) is 0 Å². The zero-order valence-electron chi connectivity index (χ0n) is 11.8. The van der Waals surface area contributed by atoms with Gasteiger partial charge in [0.05, 0.1) is 12.0 Å². The highest BCUT2D eigenvalue weighted by atomic mass is 16.4. The van der Waals surface area contributed by atoms with Gasteiger partial charge in [-0.15, -0.1) is 6.58 Å². The molecule has 2 amide bonds. The lowest BCUT2D eigenvalue weighted by Gasteiger charge is -2.34. The van der Waals surface area contributed by atoms with E-state index in [0.29, 0.717) is 6.54 Å². The molecule has 0 atom stereocenters. The number of carboxylic acids is 1. The lowest BCUT2D eigenvalue weighted by molar-refractivity contribution is -0.138. The maximum atomic E-state index is 12.3. The fourth-order valence-electron chi connectivity index (χ4n) is 2.65. The molecule has 0 heterocycles. The molecule has 1 rings (SSSR count). The Balaban J connectivity index is 2.75. The fourth-order valence-corrected chi connectivity index (χ4v) is 2.65. The smallest absolute Gasteiger partial charge is 0.318 e. The van der Waals surface area contributed by atoms with Gasteiger partial charge in [-0.25, -0.2) is 4.79 Å². The van der Waals surface area contributed by atoms with Crippen LogP contribution in [0.2, 0.25) is 0 Å². The van der Waals surface area contributed by atoms with Gasteiger partial charge in [-0.2, -0.15) is 0 Å². The second kappa shape index (κ2) is 6.59. The van der Waals surface area contributed by atoms with Gasteiger partial charge in [-0.3, -0.25) is 4.79 Å². The average Bonchev–Trinajstić information content (AvgIpc) is 2.72. The van der Waals surface area contributed by atoms with Crippen LogP contribution < -0.4 is 5.32 Å². The molecule has 0 aliphatic heterocycles. The van der Waals surface area contributed by atoms with E-state index in [2.05, 4.69) is 11.9 Å². The van der Waals surface area contributed by atoms with Crippen LogP contribution in [0.3, 0.4) is 0 Å². The summed E-state index contributed by atoms with van der Waals surface area (Å²) in [5.41, 5.74) is -0.572. The molecule has 0 aromatic carbocycles. The van der Waals surface area contributed by atoms with Crippen LogP contribution in [0.5, 0.6) is 0 Å². The molecule has 1 fully saturated rings. The average molecular weight is 268 g/mol. The number of carbonyl (C=O) groups is 2. The monoisotopic (exact) mass is 268 g/mol. The lowest BCUT2D eigenvalue weighted by Crippen LogP contribution is -2.54. The van der Waals surface area contributed by atoms with Crippen molar-refractivity contribution in [1.29, 1.82) is 0 Å². The quantitative estimate of drug-likeness (QED) is 0.727. The number of rotatable bonds is 6. The molecule has 19 heavy (non-hydrogen) atoms. The molecule has 108 valence electrons. The Morgan fingerprint density at radius 3 is 2.42 bits per heavy atom. The van der Waals surface area contributed by atoms with Gasteiger partial charge in [0.25, 0.3) is 0 Å². The third kappa shape index (κ3) is 4.26. The normalized spacial score (nSPS) is 17.2. The number of carboxylic acid groups (broad SMARTS) is 1. The molecule has 0 aromatic rings. The highest BCUT2D eigenvalue weighted by molar-refractivity contribution is 5.77. The number of carbonyl (C=O) groups excluding carboxylic acids is 1. The van der Waals surface area contributed by atoms with E-state index in [1.54, 1.807) is 11.0 Å². The summed E-state index contributed by atoms with van der Waals surface area (Å²) in [6, 6.07) is -0.140. The molecule has 1 saturated carbocycles. The van der Waals surface area contributed by atoms with E-state index in [1.807, 2.05) is 13.8 Å². The van der Waals surface area contributed by atoms with Gasteiger partial charge < -0.3 is 15.3 Å². The summed E-state index contributed by atoms with van der Waals surface area (Å²) in [5, 5.41) is 12.0. The zero-order valence-corrected chi connectivity index (χ0v) is 11.8. The van der Waals surface area contributed by atoms with Crippen LogP contribution in [-0.2, 0) is 4.79 Å². The molecule has 0 spiro atoms. The molecule has 1 aliphatic rings. The molecule has 5 heteroatoms. The van der Waals surface area contributed by atoms with Crippen molar-refractivity contribution in [3.63, 3.8) is 0 Å². The third-order valence-electron chi connectivity index (χ3n) is 3.63. The number of aliphatic carboxylic acids is 1. The van der Waals surface area contributed by atoms with Gasteiger partial charge >= 0.3 is 12.0 Å². The standard InChI is InChI=1S/C14H24N2O3/c1-4-9-16(11(2)3)13(19)15-14(10-12(17)18)7-5-6-8-14/h4,11H,1,5-10H2,2-3H3,(H,15,19)(H,17,18). The summed E-state index contributed by atoms with van der Waals surface area (Å²) in [4.78, 5) is 24.9. The van der Waals surface area contributed by atoms with Gasteiger partial charge in [0.2, 0.25) is 0 Å². The zero-order chi connectivity index (χ0) is 14.5. The number of nitrogens with one attached hydrogen (secondary N) is 1. The van der Waals surface area contributed by atoms with Crippen LogP contribution in [0.1, 0.15) is 46.0 Å². The second-order valence-electron chi connectivity index (χ2n) is 5.52. The van der Waals surface area contributed by atoms with Crippen molar-refractivity contribution in [2.45, 2.75) is 57.5 Å². The Morgan fingerprint density at radius 1 is 1.42 bits per heavy atom. The Labute approximate surface area is 114 Å². The molecule has 5 nitrogen and oxygen atoms in total. The first-order valence-corrected chi connectivity index (χ1v) is 6.82. The van der Waals surface area contributed by atoms with Crippen LogP contribution in [0.15, 0.2) is 12.7 Å². The predicted molar refractivity (Wildman–Crippen MR) is 74.0 cm³/mol. The Hall–Kier alpha value is -1.52. The van der Waals surface area contributed by atoms with Crippen LogP contribution in [0.25, 0.3) is 0 Å². The summed E-state index contributed by atoms with van der Waals surface area (Å²) in [6.07, 6.45) is 5.10. The first kappa shape index (κ1) is 15.5. The first-order chi connectivity index (χ1) is 8.90. The number of nitrogens with zero attached hydrogens (tertiary/aromatic N) is 1. The molecule has 0 unspecified atom stereocenters. The molecular weight excluding hydrogens is 244 g/mol. The van der Waals surface area contributed by atoms with Crippen molar-refractivity contribution in [2.24, 2.45) is 0 Å². The van der Waals surface area contributed by atoms with E-state index in [-0.39, 0.29) is 18.5 Å². The summed E-state index contributed by atoms with van der Waals surface area (Å²) >= 11 is 0. The van der Waals surface area contributed by atoms with Crippen LogP contribution in [-0.4, -0.2) is 40.1 Å². The van der Waals surface area contributed by atoms with E-state index >= 15 is 0 Å². The SMILES string of the molecule is C=CCN(C(=O)NC1(CC(=O)O)CCCC1)C(C)C. The second-order valence-corrected chi connectivity index (χ2v) is 5.52. The van der Waals surface area contributed by atoms with Crippen molar-refractivity contribution in [1.82, 2.24) is 10.2 Å². The fraction of sp³-hybridized carbons (Fsp3) is 0.714. The number of urea groups is 1. The van der Waals surface area contributed by atoms with E-state index in [0.717, 1.165) is 25.7 Å². The maximum Gasteiger partial charge on any atom is 0.318 e. The molecule has 1 aliphatic carbocycles. The largest absolute Gasteiger partial charge is 0.481 e. The van der Waals surface area contributed by atoms with Crippen LogP contribution >= 0.6 is 0 Å². The van der Waals surface area contributed by atoms with Gasteiger partial charge in [-0.1, -0.05) is 18.9 Å². The minimum Gasteiger partial charge on any atom is -0.481 e. The van der Waals surface area contributed by atoms with Crippen molar-refractivity contribution >= 4 is 12.0 Å². The summed E-state index contributed by atoms with van der Waals surface area (Å²) in [6.45, 7) is 7.98. The summed E-state index contributed by atoms with van der Waals surface area (Å²) in [5.74, 6) is -0.859. The number of hydrogen-bond donors (Lipinski definition) is 2. The van der Waals surface area contributed by atoms with Crippen molar-refractivity contribution in [2.75, 3.05) is 6.54 Å². The number of hydrogen-bond acceptors (Lipinski definition) is 2. The van der Waals surface area contributed by atoms with E-state index in [4.69, 9.17) is 5.11 Å². The van der Waals surface area contributed by atoms with Crippen LogP contribution in [0, 0.1) is 0 Å². The summed E-state index contributed by atoms with van der Waals surface area (Å²) < 4.78 is 0. The Morgan fingerprint density at radius 2 is 2.00 bits per heavy atom. The van der Waals surface area contributed by atoms with Crippen molar-refractivity contribution in [3.05, 3.63) is 12.7 Å². The van der Waals surface area contributed by atoms with Gasteiger partial charge in [0.1, 0.15) is 0 Å². The molecular formula is C14H24N2O3. The summed E-state index contributed by atoms with van der Waals surface area (Å²) in [7, 11) is 0. The molecule has 0 radical (unpaired) electrons. The molecule has 2 N–H and O–H groups in total. The van der Waals surface area contributed by atoms with E-state index in [9.17, 15) is 9.59 Å².